The van der Waals surface area contributed by atoms with Gasteiger partial charge >= 0.3 is 0 Å². The molecule has 1 atom stereocenters. The van der Waals surface area contributed by atoms with Crippen LogP contribution in [-0.4, -0.2) is 69.1 Å². The van der Waals surface area contributed by atoms with Crippen molar-refractivity contribution in [3.05, 3.63) is 29.8 Å². The summed E-state index contributed by atoms with van der Waals surface area (Å²) in [6.45, 7) is 4.78. The van der Waals surface area contributed by atoms with Crippen molar-refractivity contribution < 1.29 is 19.1 Å². The maximum Gasteiger partial charge on any atom is 0.264 e. The van der Waals surface area contributed by atoms with E-state index in [1.807, 2.05) is 24.3 Å². The first kappa shape index (κ1) is 16.7. The fraction of sp³-hybridized carbons (Fsp3) is 0.529. The van der Waals surface area contributed by atoms with Crippen molar-refractivity contribution in [3.8, 4) is 5.75 Å². The van der Waals surface area contributed by atoms with Gasteiger partial charge in [0.05, 0.1) is 26.0 Å². The molecule has 2 aliphatic rings. The number of ether oxygens (including phenoxy) is 2. The number of carbonyl (C=O) groups excluding carboxylic acids is 1. The Bertz CT molecular complexity index is 599. The zero-order chi connectivity index (χ0) is 16.8. The summed E-state index contributed by atoms with van der Waals surface area (Å²) in [5.74, 6) is 0.638. The van der Waals surface area contributed by atoms with Crippen LogP contribution in [0.2, 0.25) is 0 Å². The highest BCUT2D eigenvalue weighted by molar-refractivity contribution is 6.04. The van der Waals surface area contributed by atoms with Gasteiger partial charge in [-0.3, -0.25) is 9.69 Å². The van der Waals surface area contributed by atoms with Crippen LogP contribution in [0.4, 0.5) is 0 Å². The van der Waals surface area contributed by atoms with E-state index in [4.69, 9.17) is 14.3 Å². The Hall–Kier alpha value is -2.12. The second-order valence-corrected chi connectivity index (χ2v) is 5.81. The maximum absolute atomic E-state index is 12.2. The minimum atomic E-state index is -0.559. The van der Waals surface area contributed by atoms with E-state index in [9.17, 15) is 4.79 Å². The summed E-state index contributed by atoms with van der Waals surface area (Å²) in [6.07, 6.45) is -0.0906. The molecule has 1 N–H and O–H groups in total. The Morgan fingerprint density at radius 3 is 3.04 bits per heavy atom. The van der Waals surface area contributed by atoms with Gasteiger partial charge in [0.2, 0.25) is 6.10 Å². The lowest BCUT2D eigenvalue weighted by molar-refractivity contribution is -0.131. The number of hydrogen-bond acceptors (Lipinski definition) is 6. The second-order valence-electron chi connectivity index (χ2n) is 5.81. The third-order valence-corrected chi connectivity index (χ3v) is 4.20. The van der Waals surface area contributed by atoms with Crippen molar-refractivity contribution >= 4 is 11.6 Å². The van der Waals surface area contributed by atoms with E-state index in [1.165, 1.54) is 0 Å². The standard InChI is InChI=1S/C17H23N3O4/c1-22-14-4-2-3-13(11-14)15-12-16(24-19-15)17(21)18-5-6-20-7-9-23-10-8-20/h2-4,11,16H,5-10,12H2,1H3,(H,18,21)/t16-/m1/s1. The van der Waals surface area contributed by atoms with Crippen LogP contribution in [-0.2, 0) is 14.4 Å². The van der Waals surface area contributed by atoms with Gasteiger partial charge in [0.15, 0.2) is 0 Å². The number of hydrogen-bond donors (Lipinski definition) is 1. The molecule has 1 aromatic rings. The van der Waals surface area contributed by atoms with Crippen LogP contribution in [0.1, 0.15) is 12.0 Å². The number of amides is 1. The molecular weight excluding hydrogens is 310 g/mol. The zero-order valence-electron chi connectivity index (χ0n) is 13.9. The quantitative estimate of drug-likeness (QED) is 0.827. The highest BCUT2D eigenvalue weighted by Gasteiger charge is 2.28. The lowest BCUT2D eigenvalue weighted by atomic mass is 10.0. The predicted octanol–water partition coefficient (Wildman–Crippen LogP) is 0.637. The molecule has 1 fully saturated rings. The molecule has 24 heavy (non-hydrogen) atoms. The number of benzene rings is 1. The van der Waals surface area contributed by atoms with Gasteiger partial charge in [0.1, 0.15) is 5.75 Å². The van der Waals surface area contributed by atoms with E-state index in [0.29, 0.717) is 13.0 Å². The fourth-order valence-corrected chi connectivity index (χ4v) is 2.77. The molecule has 0 spiro atoms. The van der Waals surface area contributed by atoms with Gasteiger partial charge in [0, 0.05) is 38.2 Å². The van der Waals surface area contributed by atoms with Crippen molar-refractivity contribution in [1.29, 1.82) is 0 Å². The molecule has 0 unspecified atom stereocenters. The number of methoxy groups -OCH3 is 1. The van der Waals surface area contributed by atoms with Crippen molar-refractivity contribution in [3.63, 3.8) is 0 Å². The van der Waals surface area contributed by atoms with Crippen molar-refractivity contribution in [1.82, 2.24) is 10.2 Å². The summed E-state index contributed by atoms with van der Waals surface area (Å²) >= 11 is 0. The van der Waals surface area contributed by atoms with Gasteiger partial charge in [-0.1, -0.05) is 17.3 Å². The van der Waals surface area contributed by atoms with Gasteiger partial charge in [0.25, 0.3) is 5.91 Å². The summed E-state index contributed by atoms with van der Waals surface area (Å²) in [5, 5.41) is 6.98. The van der Waals surface area contributed by atoms with E-state index >= 15 is 0 Å². The van der Waals surface area contributed by atoms with E-state index in [1.54, 1.807) is 7.11 Å². The van der Waals surface area contributed by atoms with E-state index in [-0.39, 0.29) is 5.91 Å². The topological polar surface area (TPSA) is 72.4 Å². The molecule has 1 aromatic carbocycles. The van der Waals surface area contributed by atoms with Gasteiger partial charge in [-0.25, -0.2) is 0 Å². The first-order valence-corrected chi connectivity index (χ1v) is 8.21. The number of carbonyl (C=O) groups is 1. The van der Waals surface area contributed by atoms with Gasteiger partial charge in [-0.2, -0.15) is 0 Å². The lowest BCUT2D eigenvalue weighted by Gasteiger charge is -2.26. The third kappa shape index (κ3) is 4.24. The monoisotopic (exact) mass is 333 g/mol. The van der Waals surface area contributed by atoms with Gasteiger partial charge in [-0.05, 0) is 12.1 Å². The number of nitrogens with zero attached hydrogens (tertiary/aromatic N) is 2. The minimum Gasteiger partial charge on any atom is -0.497 e. The van der Waals surface area contributed by atoms with Crippen molar-refractivity contribution in [2.24, 2.45) is 5.16 Å². The molecule has 0 bridgehead atoms. The van der Waals surface area contributed by atoms with E-state index in [2.05, 4.69) is 15.4 Å². The van der Waals surface area contributed by atoms with E-state index < -0.39 is 6.10 Å². The summed E-state index contributed by atoms with van der Waals surface area (Å²) < 4.78 is 10.5. The molecule has 7 nitrogen and oxygen atoms in total. The Kier molecular flexibility index (Phi) is 5.66. The first-order valence-electron chi connectivity index (χ1n) is 8.21. The van der Waals surface area contributed by atoms with Crippen LogP contribution in [0.3, 0.4) is 0 Å². The van der Waals surface area contributed by atoms with Crippen LogP contribution in [0.5, 0.6) is 5.75 Å². The number of nitrogens with one attached hydrogen (secondary N) is 1. The summed E-state index contributed by atoms with van der Waals surface area (Å²) in [4.78, 5) is 19.8. The van der Waals surface area contributed by atoms with E-state index in [0.717, 1.165) is 49.9 Å². The Labute approximate surface area is 141 Å². The van der Waals surface area contributed by atoms with Gasteiger partial charge < -0.3 is 19.6 Å². The zero-order valence-corrected chi connectivity index (χ0v) is 13.9. The normalized spacial score (nSPS) is 21.0. The maximum atomic E-state index is 12.2. The molecule has 0 radical (unpaired) electrons. The number of rotatable bonds is 6. The third-order valence-electron chi connectivity index (χ3n) is 4.20. The largest absolute Gasteiger partial charge is 0.497 e. The second kappa shape index (κ2) is 8.12. The fourth-order valence-electron chi connectivity index (χ4n) is 2.77. The highest BCUT2D eigenvalue weighted by Crippen LogP contribution is 2.20. The van der Waals surface area contributed by atoms with Crippen LogP contribution < -0.4 is 10.1 Å². The SMILES string of the molecule is COc1cccc(C2=NO[C@@H](C(=O)NCCN3CCOCC3)C2)c1. The number of morpholine rings is 1. The summed E-state index contributed by atoms with van der Waals surface area (Å²) in [5.41, 5.74) is 1.68. The van der Waals surface area contributed by atoms with Crippen LogP contribution in [0.15, 0.2) is 29.4 Å². The van der Waals surface area contributed by atoms with Crippen molar-refractivity contribution in [2.75, 3.05) is 46.5 Å². The van der Waals surface area contributed by atoms with Crippen LogP contribution >= 0.6 is 0 Å². The molecule has 130 valence electrons. The first-order chi connectivity index (χ1) is 11.8. The van der Waals surface area contributed by atoms with Gasteiger partial charge in [-0.15, -0.1) is 0 Å². The smallest absolute Gasteiger partial charge is 0.264 e. The molecule has 0 saturated carbocycles. The molecule has 2 aliphatic heterocycles. The Morgan fingerprint density at radius 2 is 2.25 bits per heavy atom. The highest BCUT2D eigenvalue weighted by atomic mass is 16.6. The van der Waals surface area contributed by atoms with Crippen LogP contribution in [0.25, 0.3) is 0 Å². The molecule has 0 aliphatic carbocycles. The summed E-state index contributed by atoms with van der Waals surface area (Å²) in [7, 11) is 1.62. The molecule has 0 aromatic heterocycles. The molecular formula is C17H23N3O4. The summed E-state index contributed by atoms with van der Waals surface area (Å²) in [6, 6.07) is 7.59. The predicted molar refractivity (Wildman–Crippen MR) is 89.3 cm³/mol. The molecule has 1 saturated heterocycles. The molecule has 1 amide bonds. The van der Waals surface area contributed by atoms with Crippen LogP contribution in [0, 0.1) is 0 Å². The lowest BCUT2D eigenvalue weighted by Crippen LogP contribution is -2.43. The average Bonchev–Trinajstić information content (AvgIpc) is 3.13. The average molecular weight is 333 g/mol. The Morgan fingerprint density at radius 1 is 1.42 bits per heavy atom. The number of oxime groups is 1. The molecule has 2 heterocycles. The molecule has 3 rings (SSSR count). The van der Waals surface area contributed by atoms with Crippen molar-refractivity contribution in [2.45, 2.75) is 12.5 Å². The molecule has 7 heteroatoms. The Balaban J connectivity index is 1.44. The minimum absolute atomic E-state index is 0.120.